The van der Waals surface area contributed by atoms with Crippen molar-refractivity contribution in [1.29, 1.82) is 0 Å². The molecule has 0 saturated carbocycles. The molecule has 0 aromatic rings. The Kier molecular flexibility index (Phi) is 6.51. The molecule has 0 radical (unpaired) electrons. The summed E-state index contributed by atoms with van der Waals surface area (Å²) in [7, 11) is 0. The molecule has 3 heteroatoms. The molecule has 0 amide bonds. The normalized spacial score (nSPS) is 11.5. The van der Waals surface area contributed by atoms with Gasteiger partial charge in [-0.05, 0) is 27.7 Å². The maximum atomic E-state index is 5.16. The van der Waals surface area contributed by atoms with E-state index in [1.54, 1.807) is 0 Å². The molecule has 1 N–H and O–H groups in total. The molecule has 0 heterocycles. The van der Waals surface area contributed by atoms with Gasteiger partial charge in [-0.2, -0.15) is 0 Å². The largest absolute Gasteiger partial charge is 0.353 e. The first-order chi connectivity index (χ1) is 5.13. The molecular weight excluding hydrogens is 142 g/mol. The maximum Gasteiger partial charge on any atom is 0.148 e. The van der Waals surface area contributed by atoms with Gasteiger partial charge >= 0.3 is 0 Å². The van der Waals surface area contributed by atoms with E-state index in [0.29, 0.717) is 19.6 Å². The molecule has 68 valence electrons. The van der Waals surface area contributed by atoms with Crippen molar-refractivity contribution in [2.45, 2.75) is 39.8 Å². The first-order valence-electron chi connectivity index (χ1n) is 4.05. The second-order valence-electron chi connectivity index (χ2n) is 3.04. The molecule has 0 rings (SSSR count). The van der Waals surface area contributed by atoms with Gasteiger partial charge < -0.3 is 9.47 Å². The van der Waals surface area contributed by atoms with Crippen molar-refractivity contribution in [2.24, 2.45) is 0 Å². The molecule has 0 bridgehead atoms. The van der Waals surface area contributed by atoms with Crippen LogP contribution in [0.5, 0.6) is 0 Å². The molecule has 0 fully saturated rings. The monoisotopic (exact) mass is 161 g/mol. The molecule has 0 aliphatic carbocycles. The summed E-state index contributed by atoms with van der Waals surface area (Å²) in [6.07, 6.45) is 0.244. The molecule has 0 unspecified atom stereocenters. The van der Waals surface area contributed by atoms with Crippen molar-refractivity contribution in [2.75, 3.05) is 13.5 Å². The van der Waals surface area contributed by atoms with E-state index in [-0.39, 0.29) is 6.10 Å². The first kappa shape index (κ1) is 10.9. The summed E-state index contributed by atoms with van der Waals surface area (Å²) < 4.78 is 10.3. The standard InChI is InChI=1S/C8H19NO2/c1-7(2)9-5-10-6-11-8(3)4/h7-9H,5-6H2,1-4H3. The van der Waals surface area contributed by atoms with Crippen molar-refractivity contribution in [1.82, 2.24) is 5.32 Å². The molecule has 0 aliphatic heterocycles. The van der Waals surface area contributed by atoms with Gasteiger partial charge in [-0.15, -0.1) is 0 Å². The van der Waals surface area contributed by atoms with Crippen LogP contribution in [-0.2, 0) is 9.47 Å². The molecule has 0 saturated heterocycles. The minimum Gasteiger partial charge on any atom is -0.353 e. The van der Waals surface area contributed by atoms with Crippen LogP contribution in [0.2, 0.25) is 0 Å². The van der Waals surface area contributed by atoms with E-state index < -0.39 is 0 Å². The average molecular weight is 161 g/mol. The zero-order chi connectivity index (χ0) is 8.69. The van der Waals surface area contributed by atoms with Gasteiger partial charge in [0.15, 0.2) is 0 Å². The molecule has 11 heavy (non-hydrogen) atoms. The van der Waals surface area contributed by atoms with Crippen LogP contribution in [0, 0.1) is 0 Å². The summed E-state index contributed by atoms with van der Waals surface area (Å²) >= 11 is 0. The van der Waals surface area contributed by atoms with Crippen molar-refractivity contribution in [3.8, 4) is 0 Å². The van der Waals surface area contributed by atoms with Crippen molar-refractivity contribution < 1.29 is 9.47 Å². The van der Waals surface area contributed by atoms with Crippen LogP contribution in [0.4, 0.5) is 0 Å². The Hall–Kier alpha value is -0.120. The average Bonchev–Trinajstić information content (AvgIpc) is 1.85. The highest BCUT2D eigenvalue weighted by Gasteiger charge is 1.93. The minimum atomic E-state index is 0.244. The summed E-state index contributed by atoms with van der Waals surface area (Å²) in [4.78, 5) is 0. The Bertz CT molecular complexity index is 74.2. The Labute approximate surface area is 69.1 Å². The van der Waals surface area contributed by atoms with E-state index >= 15 is 0 Å². The SMILES string of the molecule is CC(C)NCOCOC(C)C. The van der Waals surface area contributed by atoms with Crippen LogP contribution in [0.3, 0.4) is 0 Å². The summed E-state index contributed by atoms with van der Waals surface area (Å²) in [5, 5.41) is 3.12. The molecule has 0 aromatic heterocycles. The van der Waals surface area contributed by atoms with E-state index in [1.807, 2.05) is 13.8 Å². The summed E-state index contributed by atoms with van der Waals surface area (Å²) in [5.74, 6) is 0. The fraction of sp³-hybridized carbons (Fsp3) is 1.00. The van der Waals surface area contributed by atoms with E-state index in [0.717, 1.165) is 0 Å². The number of hydrogen-bond donors (Lipinski definition) is 1. The molecule has 0 aromatic carbocycles. The highest BCUT2D eigenvalue weighted by Crippen LogP contribution is 1.87. The molecular formula is C8H19NO2. The Balaban J connectivity index is 2.91. The second kappa shape index (κ2) is 6.58. The topological polar surface area (TPSA) is 30.5 Å². The zero-order valence-electron chi connectivity index (χ0n) is 7.89. The van der Waals surface area contributed by atoms with Gasteiger partial charge in [0.05, 0.1) is 12.8 Å². The van der Waals surface area contributed by atoms with Crippen LogP contribution in [0.1, 0.15) is 27.7 Å². The van der Waals surface area contributed by atoms with E-state index in [9.17, 15) is 0 Å². The molecule has 3 nitrogen and oxygen atoms in total. The fourth-order valence-electron chi connectivity index (χ4n) is 0.451. The number of nitrogens with one attached hydrogen (secondary N) is 1. The van der Waals surface area contributed by atoms with Gasteiger partial charge in [0.2, 0.25) is 0 Å². The fourth-order valence-corrected chi connectivity index (χ4v) is 0.451. The van der Waals surface area contributed by atoms with Crippen LogP contribution < -0.4 is 5.32 Å². The van der Waals surface area contributed by atoms with Gasteiger partial charge in [-0.1, -0.05) is 0 Å². The van der Waals surface area contributed by atoms with Crippen LogP contribution in [0.15, 0.2) is 0 Å². The van der Waals surface area contributed by atoms with E-state index in [1.165, 1.54) is 0 Å². The predicted octanol–water partition coefficient (Wildman–Crippen LogP) is 1.34. The number of ether oxygens (including phenoxy) is 2. The summed E-state index contributed by atoms with van der Waals surface area (Å²) in [6.45, 7) is 9.06. The maximum absolute atomic E-state index is 5.16. The summed E-state index contributed by atoms with van der Waals surface area (Å²) in [5.41, 5.74) is 0. The van der Waals surface area contributed by atoms with Crippen molar-refractivity contribution >= 4 is 0 Å². The first-order valence-corrected chi connectivity index (χ1v) is 4.05. The van der Waals surface area contributed by atoms with Gasteiger partial charge in [0, 0.05) is 6.04 Å². The lowest BCUT2D eigenvalue weighted by Gasteiger charge is -2.10. The van der Waals surface area contributed by atoms with Crippen LogP contribution in [0.25, 0.3) is 0 Å². The van der Waals surface area contributed by atoms with Gasteiger partial charge in [-0.25, -0.2) is 0 Å². The van der Waals surface area contributed by atoms with Crippen molar-refractivity contribution in [3.63, 3.8) is 0 Å². The second-order valence-corrected chi connectivity index (χ2v) is 3.04. The Morgan fingerprint density at radius 2 is 1.82 bits per heavy atom. The molecule has 0 spiro atoms. The lowest BCUT2D eigenvalue weighted by atomic mass is 10.4. The predicted molar refractivity (Wildman–Crippen MR) is 45.3 cm³/mol. The molecule has 0 atom stereocenters. The quantitative estimate of drug-likeness (QED) is 0.471. The smallest absolute Gasteiger partial charge is 0.148 e. The zero-order valence-corrected chi connectivity index (χ0v) is 7.89. The lowest BCUT2D eigenvalue weighted by Crippen LogP contribution is -2.26. The lowest BCUT2D eigenvalue weighted by molar-refractivity contribution is -0.0842. The van der Waals surface area contributed by atoms with Crippen molar-refractivity contribution in [3.05, 3.63) is 0 Å². The third-order valence-corrected chi connectivity index (χ3v) is 1.08. The molecule has 0 aliphatic rings. The third-order valence-electron chi connectivity index (χ3n) is 1.08. The van der Waals surface area contributed by atoms with Gasteiger partial charge in [0.1, 0.15) is 6.79 Å². The van der Waals surface area contributed by atoms with E-state index in [4.69, 9.17) is 9.47 Å². The Morgan fingerprint density at radius 3 is 2.27 bits per heavy atom. The van der Waals surface area contributed by atoms with Crippen LogP contribution in [-0.4, -0.2) is 25.7 Å². The number of rotatable bonds is 6. The van der Waals surface area contributed by atoms with Crippen LogP contribution >= 0.6 is 0 Å². The Morgan fingerprint density at radius 1 is 1.18 bits per heavy atom. The third kappa shape index (κ3) is 9.88. The van der Waals surface area contributed by atoms with Gasteiger partial charge in [0.25, 0.3) is 0 Å². The highest BCUT2D eigenvalue weighted by atomic mass is 16.7. The highest BCUT2D eigenvalue weighted by molar-refractivity contribution is 4.44. The van der Waals surface area contributed by atoms with Gasteiger partial charge in [-0.3, -0.25) is 5.32 Å². The number of hydrogen-bond acceptors (Lipinski definition) is 3. The summed E-state index contributed by atoms with van der Waals surface area (Å²) in [6, 6.07) is 0.467. The minimum absolute atomic E-state index is 0.244. The van der Waals surface area contributed by atoms with E-state index in [2.05, 4.69) is 19.2 Å².